The third kappa shape index (κ3) is 4.02. The van der Waals surface area contributed by atoms with Crippen LogP contribution in [0.25, 0.3) is 11.0 Å². The molecule has 8 nitrogen and oxygen atoms in total. The van der Waals surface area contributed by atoms with E-state index in [-0.39, 0.29) is 12.0 Å². The second-order valence-corrected chi connectivity index (χ2v) is 5.57. The van der Waals surface area contributed by atoms with E-state index in [1.54, 1.807) is 12.4 Å². The number of amides is 2. The number of pyridine rings is 2. The lowest BCUT2D eigenvalue weighted by Gasteiger charge is -2.12. The Morgan fingerprint density at radius 3 is 2.69 bits per heavy atom. The van der Waals surface area contributed by atoms with Crippen molar-refractivity contribution in [3.8, 4) is 0 Å². The van der Waals surface area contributed by atoms with Gasteiger partial charge in [-0.25, -0.2) is 9.78 Å². The van der Waals surface area contributed by atoms with Gasteiger partial charge in [0.15, 0.2) is 5.65 Å². The van der Waals surface area contributed by atoms with Gasteiger partial charge in [0.2, 0.25) is 5.95 Å². The Kier molecular flexibility index (Phi) is 5.52. The van der Waals surface area contributed by atoms with Crippen LogP contribution >= 0.6 is 0 Å². The van der Waals surface area contributed by atoms with Crippen molar-refractivity contribution < 1.29 is 4.79 Å². The van der Waals surface area contributed by atoms with Crippen molar-refractivity contribution in [2.45, 2.75) is 26.8 Å². The van der Waals surface area contributed by atoms with Crippen LogP contribution in [0.15, 0.2) is 36.7 Å². The van der Waals surface area contributed by atoms with E-state index in [4.69, 9.17) is 0 Å². The molecule has 0 aliphatic carbocycles. The van der Waals surface area contributed by atoms with Crippen molar-refractivity contribution in [1.82, 2.24) is 25.3 Å². The number of nitrogens with zero attached hydrogens (tertiary/aromatic N) is 4. The molecule has 3 aromatic heterocycles. The molecule has 134 valence electrons. The molecule has 0 bridgehead atoms. The molecule has 0 spiro atoms. The van der Waals surface area contributed by atoms with Gasteiger partial charge in [-0.05, 0) is 37.1 Å². The Morgan fingerprint density at radius 1 is 1.08 bits per heavy atom. The number of carbonyl (C=O) groups excluding carboxylic acids is 1. The molecule has 3 rings (SSSR count). The number of nitrogens with one attached hydrogen (secondary N) is 3. The van der Waals surface area contributed by atoms with Crippen LogP contribution in [0.5, 0.6) is 0 Å². The predicted molar refractivity (Wildman–Crippen MR) is 101 cm³/mol. The molecule has 0 saturated heterocycles. The third-order valence-electron chi connectivity index (χ3n) is 3.80. The second kappa shape index (κ2) is 8.19. The highest BCUT2D eigenvalue weighted by Crippen LogP contribution is 2.21. The number of fused-ring (bicyclic) bond motifs is 1. The van der Waals surface area contributed by atoms with Crippen molar-refractivity contribution in [2.24, 2.45) is 0 Å². The molecule has 2 amide bonds. The van der Waals surface area contributed by atoms with Gasteiger partial charge < -0.3 is 10.6 Å². The average Bonchev–Trinajstić information content (AvgIpc) is 2.66. The van der Waals surface area contributed by atoms with Crippen LogP contribution in [0.1, 0.15) is 25.1 Å². The maximum absolute atomic E-state index is 11.8. The summed E-state index contributed by atoms with van der Waals surface area (Å²) in [5.74, 6) is 0.812. The highest BCUT2D eigenvalue weighted by atomic mass is 16.2. The number of urea groups is 1. The summed E-state index contributed by atoms with van der Waals surface area (Å²) in [7, 11) is 0. The Balaban J connectivity index is 1.89. The maximum atomic E-state index is 11.8. The molecule has 8 heteroatoms. The first-order valence-corrected chi connectivity index (χ1v) is 8.55. The van der Waals surface area contributed by atoms with Crippen molar-refractivity contribution >= 4 is 28.8 Å². The Morgan fingerprint density at radius 2 is 1.88 bits per heavy atom. The van der Waals surface area contributed by atoms with Crippen LogP contribution in [0.3, 0.4) is 0 Å². The number of hydrogen-bond acceptors (Lipinski definition) is 6. The number of aryl methyl sites for hydroxylation is 1. The normalized spacial score (nSPS) is 10.5. The van der Waals surface area contributed by atoms with Crippen LogP contribution < -0.4 is 16.0 Å². The summed E-state index contributed by atoms with van der Waals surface area (Å²) in [6.45, 7) is 5.00. The van der Waals surface area contributed by atoms with E-state index in [0.717, 1.165) is 23.1 Å². The van der Waals surface area contributed by atoms with Crippen LogP contribution in [-0.4, -0.2) is 32.5 Å². The van der Waals surface area contributed by atoms with E-state index in [9.17, 15) is 4.79 Å². The number of carbonyl (C=O) groups is 1. The van der Waals surface area contributed by atoms with Crippen molar-refractivity contribution in [3.63, 3.8) is 0 Å². The SMILES string of the molecule is CCNC(=O)Nc1nc(NCc2cccnc2CC)c2cccnc2n1. The summed E-state index contributed by atoms with van der Waals surface area (Å²) in [5, 5.41) is 9.40. The number of anilines is 2. The van der Waals surface area contributed by atoms with Gasteiger partial charge >= 0.3 is 6.03 Å². The first kappa shape index (κ1) is 17.5. The maximum Gasteiger partial charge on any atom is 0.321 e. The number of aromatic nitrogens is 4. The lowest BCUT2D eigenvalue weighted by molar-refractivity contribution is 0.252. The van der Waals surface area contributed by atoms with Gasteiger partial charge in [0.1, 0.15) is 5.82 Å². The van der Waals surface area contributed by atoms with Gasteiger partial charge in [0.25, 0.3) is 0 Å². The first-order chi connectivity index (χ1) is 12.7. The zero-order valence-electron chi connectivity index (χ0n) is 14.8. The van der Waals surface area contributed by atoms with Crippen LogP contribution in [0.2, 0.25) is 0 Å². The van der Waals surface area contributed by atoms with Crippen molar-refractivity contribution in [3.05, 3.63) is 47.9 Å². The largest absolute Gasteiger partial charge is 0.365 e. The van der Waals surface area contributed by atoms with Gasteiger partial charge in [0, 0.05) is 31.2 Å². The molecule has 3 N–H and O–H groups in total. The summed E-state index contributed by atoms with van der Waals surface area (Å²) >= 11 is 0. The molecule has 3 aromatic rings. The minimum absolute atomic E-state index is 0.201. The molecule has 3 heterocycles. The molecule has 0 unspecified atom stereocenters. The van der Waals surface area contributed by atoms with Gasteiger partial charge in [-0.2, -0.15) is 9.97 Å². The van der Waals surface area contributed by atoms with Gasteiger partial charge in [-0.15, -0.1) is 0 Å². The zero-order chi connectivity index (χ0) is 18.4. The van der Waals surface area contributed by atoms with Gasteiger partial charge in [-0.1, -0.05) is 13.0 Å². The topological polar surface area (TPSA) is 105 Å². The highest BCUT2D eigenvalue weighted by Gasteiger charge is 2.11. The number of hydrogen-bond donors (Lipinski definition) is 3. The molecular weight excluding hydrogens is 330 g/mol. The van der Waals surface area contributed by atoms with Crippen LogP contribution in [-0.2, 0) is 13.0 Å². The van der Waals surface area contributed by atoms with Crippen LogP contribution in [0, 0.1) is 0 Å². The lowest BCUT2D eigenvalue weighted by Crippen LogP contribution is -2.29. The number of rotatable bonds is 6. The minimum Gasteiger partial charge on any atom is -0.365 e. The standard InChI is InChI=1S/C18H21N7O/c1-3-14-12(7-5-9-20-14)11-22-16-13-8-6-10-21-15(13)23-17(24-16)25-18(26)19-4-2/h5-10H,3-4,11H2,1-2H3,(H3,19,21,22,23,24,25,26). The third-order valence-corrected chi connectivity index (χ3v) is 3.80. The lowest BCUT2D eigenvalue weighted by atomic mass is 10.1. The fourth-order valence-corrected chi connectivity index (χ4v) is 2.59. The van der Waals surface area contributed by atoms with Crippen molar-refractivity contribution in [2.75, 3.05) is 17.2 Å². The minimum atomic E-state index is -0.353. The Bertz CT molecular complexity index is 913. The van der Waals surface area contributed by atoms with Gasteiger partial charge in [0.05, 0.1) is 5.39 Å². The second-order valence-electron chi connectivity index (χ2n) is 5.57. The summed E-state index contributed by atoms with van der Waals surface area (Å²) in [5.41, 5.74) is 2.65. The van der Waals surface area contributed by atoms with E-state index in [1.165, 1.54) is 0 Å². The van der Waals surface area contributed by atoms with E-state index >= 15 is 0 Å². The monoisotopic (exact) mass is 351 g/mol. The van der Waals surface area contributed by atoms with Crippen LogP contribution in [0.4, 0.5) is 16.6 Å². The van der Waals surface area contributed by atoms with E-state index < -0.39 is 0 Å². The zero-order valence-corrected chi connectivity index (χ0v) is 14.8. The summed E-state index contributed by atoms with van der Waals surface area (Å²) < 4.78 is 0. The fraction of sp³-hybridized carbons (Fsp3) is 0.278. The van der Waals surface area contributed by atoms with E-state index in [2.05, 4.69) is 42.8 Å². The molecule has 0 fully saturated rings. The fourth-order valence-electron chi connectivity index (χ4n) is 2.59. The molecule has 0 radical (unpaired) electrons. The Labute approximate surface area is 151 Å². The van der Waals surface area contributed by atoms with E-state index in [1.807, 2.05) is 31.2 Å². The summed E-state index contributed by atoms with van der Waals surface area (Å²) in [4.78, 5) is 29.2. The molecule has 0 aliphatic heterocycles. The molecule has 26 heavy (non-hydrogen) atoms. The molecule has 0 aromatic carbocycles. The van der Waals surface area contributed by atoms with Gasteiger partial charge in [-0.3, -0.25) is 10.3 Å². The Hall–Kier alpha value is -3.29. The summed E-state index contributed by atoms with van der Waals surface area (Å²) in [6, 6.07) is 7.32. The predicted octanol–water partition coefficient (Wildman–Crippen LogP) is 2.74. The first-order valence-electron chi connectivity index (χ1n) is 8.55. The molecular formula is C18H21N7O. The molecule has 0 saturated carbocycles. The molecule has 0 atom stereocenters. The van der Waals surface area contributed by atoms with Crippen molar-refractivity contribution in [1.29, 1.82) is 0 Å². The quantitative estimate of drug-likeness (QED) is 0.631. The summed E-state index contributed by atoms with van der Waals surface area (Å²) in [6.07, 6.45) is 4.31. The van der Waals surface area contributed by atoms with E-state index in [0.29, 0.717) is 24.6 Å². The highest BCUT2D eigenvalue weighted by molar-refractivity contribution is 5.91. The smallest absolute Gasteiger partial charge is 0.321 e. The average molecular weight is 351 g/mol. The molecule has 0 aliphatic rings.